The first-order chi connectivity index (χ1) is 12.3. The first-order valence-corrected chi connectivity index (χ1v) is 12.3. The average molecular weight is 342 g/mol. The smallest absolute Gasteiger partial charge is 0.0697 e. The Morgan fingerprint density at radius 3 is 0.960 bits per heavy atom. The van der Waals surface area contributed by atoms with Gasteiger partial charge >= 0.3 is 0 Å². The molecule has 0 radical (unpaired) electrons. The van der Waals surface area contributed by atoms with Crippen molar-refractivity contribution in [1.29, 1.82) is 0 Å². The normalized spacial score (nSPS) is 44.5. The van der Waals surface area contributed by atoms with Crippen molar-refractivity contribution < 1.29 is 0 Å². The van der Waals surface area contributed by atoms with Gasteiger partial charge in [0.2, 0.25) is 0 Å². The molecule has 0 aliphatic heterocycles. The van der Waals surface area contributed by atoms with Crippen LogP contribution < -0.4 is 0 Å². The topological polar surface area (TPSA) is 0 Å². The Kier molecular flexibility index (Phi) is 6.51. The molecule has 0 aromatic heterocycles. The Balaban J connectivity index is 1.18. The largest absolute Gasteiger partial charge is 0.105 e. The molecule has 1 heteroatoms. The van der Waals surface area contributed by atoms with E-state index in [0.29, 0.717) is 0 Å². The van der Waals surface area contributed by atoms with Gasteiger partial charge in [-0.25, -0.2) is 0 Å². The highest BCUT2D eigenvalue weighted by molar-refractivity contribution is 6.11. The monoisotopic (exact) mass is 342 g/mol. The molecule has 0 spiro atoms. The van der Waals surface area contributed by atoms with Crippen molar-refractivity contribution in [2.24, 2.45) is 35.5 Å². The van der Waals surface area contributed by atoms with Crippen LogP contribution in [0.5, 0.6) is 0 Å². The van der Waals surface area contributed by atoms with Gasteiger partial charge in [0, 0.05) is 0 Å². The molecule has 25 heavy (non-hydrogen) atoms. The van der Waals surface area contributed by atoms with E-state index in [0.717, 1.165) is 41.3 Å². The minimum atomic E-state index is 1.02. The molecule has 0 N–H and O–H groups in total. The highest BCUT2D eigenvalue weighted by Crippen LogP contribution is 2.47. The van der Waals surface area contributed by atoms with Gasteiger partial charge in [0.1, 0.15) is 7.85 Å². The van der Waals surface area contributed by atoms with Crippen molar-refractivity contribution in [3.8, 4) is 0 Å². The molecule has 0 bridgehead atoms. The molecule has 0 aromatic rings. The molecule has 4 rings (SSSR count). The summed E-state index contributed by atoms with van der Waals surface area (Å²) in [7, 11) is 2.47. The van der Waals surface area contributed by atoms with Gasteiger partial charge in [0.25, 0.3) is 0 Å². The van der Waals surface area contributed by atoms with E-state index in [1.54, 1.807) is 77.0 Å². The molecule has 0 nitrogen and oxygen atoms in total. The SMILES string of the molecule is BC1CCC(C2CCC(C3CCC(C4CCCCC4)CC3)CC2)CC1. The van der Waals surface area contributed by atoms with Crippen LogP contribution in [0.4, 0.5) is 0 Å². The number of hydrogen-bond donors (Lipinski definition) is 0. The first kappa shape index (κ1) is 18.4. The molecule has 0 amide bonds. The number of rotatable bonds is 3. The van der Waals surface area contributed by atoms with Gasteiger partial charge in [-0.05, 0) is 86.9 Å². The summed E-state index contributed by atoms with van der Waals surface area (Å²) in [5, 5.41) is 0. The summed E-state index contributed by atoms with van der Waals surface area (Å²) >= 11 is 0. The highest BCUT2D eigenvalue weighted by atomic mass is 14.4. The van der Waals surface area contributed by atoms with Gasteiger partial charge in [-0.1, -0.05) is 63.6 Å². The molecule has 4 saturated carbocycles. The standard InChI is InChI=1S/C24H43B/c25-24-16-14-23(15-17-24)22-12-10-21(11-13-22)20-8-6-19(7-9-20)18-4-2-1-3-5-18/h18-24H,1-17,25H2. The van der Waals surface area contributed by atoms with E-state index in [2.05, 4.69) is 7.85 Å². The Labute approximate surface area is 158 Å². The fraction of sp³-hybridized carbons (Fsp3) is 1.00. The van der Waals surface area contributed by atoms with Crippen molar-refractivity contribution in [1.82, 2.24) is 0 Å². The van der Waals surface area contributed by atoms with Gasteiger partial charge < -0.3 is 0 Å². The Morgan fingerprint density at radius 1 is 0.320 bits per heavy atom. The lowest BCUT2D eigenvalue weighted by molar-refractivity contribution is 0.0947. The quantitative estimate of drug-likeness (QED) is 0.495. The zero-order valence-electron chi connectivity index (χ0n) is 17.1. The van der Waals surface area contributed by atoms with Crippen LogP contribution in [0.2, 0.25) is 5.82 Å². The third-order valence-electron chi connectivity index (χ3n) is 9.34. The molecule has 0 heterocycles. The maximum atomic E-state index is 2.47. The molecule has 0 aromatic carbocycles. The van der Waals surface area contributed by atoms with Crippen LogP contribution >= 0.6 is 0 Å². The predicted octanol–water partition coefficient (Wildman–Crippen LogP) is 6.79. The van der Waals surface area contributed by atoms with Crippen LogP contribution in [0.25, 0.3) is 0 Å². The molecule has 0 unspecified atom stereocenters. The summed E-state index contributed by atoms with van der Waals surface area (Å²) in [4.78, 5) is 0. The van der Waals surface area contributed by atoms with Crippen LogP contribution in [0.1, 0.15) is 109 Å². The Morgan fingerprint density at radius 2 is 0.600 bits per heavy atom. The van der Waals surface area contributed by atoms with E-state index in [-0.39, 0.29) is 0 Å². The molecule has 0 saturated heterocycles. The average Bonchev–Trinajstić information content (AvgIpc) is 2.70. The summed E-state index contributed by atoms with van der Waals surface area (Å²) in [5.41, 5.74) is 0. The van der Waals surface area contributed by atoms with Crippen LogP contribution in [-0.4, -0.2) is 7.85 Å². The van der Waals surface area contributed by atoms with Crippen LogP contribution in [0, 0.1) is 35.5 Å². The summed E-state index contributed by atoms with van der Waals surface area (Å²) in [5.74, 6) is 7.72. The van der Waals surface area contributed by atoms with Crippen molar-refractivity contribution in [2.75, 3.05) is 0 Å². The Hall–Kier alpha value is 0.0649. The van der Waals surface area contributed by atoms with Gasteiger partial charge in [-0.2, -0.15) is 0 Å². The molecule has 142 valence electrons. The second-order valence-electron chi connectivity index (χ2n) is 10.8. The van der Waals surface area contributed by atoms with E-state index in [9.17, 15) is 0 Å². The summed E-state index contributed by atoms with van der Waals surface area (Å²) in [6.07, 6.45) is 26.6. The maximum absolute atomic E-state index is 2.47. The minimum Gasteiger partial charge on any atom is -0.0697 e. The zero-order valence-corrected chi connectivity index (χ0v) is 17.1. The van der Waals surface area contributed by atoms with Crippen LogP contribution in [-0.2, 0) is 0 Å². The van der Waals surface area contributed by atoms with E-state index < -0.39 is 0 Å². The molecular weight excluding hydrogens is 299 g/mol. The highest BCUT2D eigenvalue weighted by Gasteiger charge is 2.35. The molecule has 4 aliphatic carbocycles. The van der Waals surface area contributed by atoms with Crippen LogP contribution in [0.15, 0.2) is 0 Å². The zero-order chi connectivity index (χ0) is 17.1. The molecular formula is C24H43B. The van der Waals surface area contributed by atoms with E-state index in [1.807, 2.05) is 0 Å². The summed E-state index contributed by atoms with van der Waals surface area (Å²) in [6.45, 7) is 0. The van der Waals surface area contributed by atoms with Gasteiger partial charge in [-0.3, -0.25) is 0 Å². The predicted molar refractivity (Wildman–Crippen MR) is 112 cm³/mol. The maximum Gasteiger partial charge on any atom is 0.105 e. The summed E-state index contributed by atoms with van der Waals surface area (Å²) in [6, 6.07) is 0. The lowest BCUT2D eigenvalue weighted by atomic mass is 9.62. The van der Waals surface area contributed by atoms with Gasteiger partial charge in [-0.15, -0.1) is 0 Å². The van der Waals surface area contributed by atoms with E-state index in [4.69, 9.17) is 0 Å². The summed E-state index contributed by atoms with van der Waals surface area (Å²) < 4.78 is 0. The lowest BCUT2D eigenvalue weighted by Crippen LogP contribution is -2.30. The second kappa shape index (κ2) is 8.84. The fourth-order valence-electron chi connectivity index (χ4n) is 7.54. The minimum absolute atomic E-state index is 1.02. The second-order valence-corrected chi connectivity index (χ2v) is 10.8. The third-order valence-corrected chi connectivity index (χ3v) is 9.34. The van der Waals surface area contributed by atoms with Crippen LogP contribution in [0.3, 0.4) is 0 Å². The number of hydrogen-bond acceptors (Lipinski definition) is 0. The van der Waals surface area contributed by atoms with E-state index >= 15 is 0 Å². The van der Waals surface area contributed by atoms with Gasteiger partial charge in [0.15, 0.2) is 0 Å². The van der Waals surface area contributed by atoms with E-state index in [1.165, 1.54) is 32.1 Å². The fourth-order valence-corrected chi connectivity index (χ4v) is 7.54. The molecule has 4 fully saturated rings. The van der Waals surface area contributed by atoms with Crippen molar-refractivity contribution >= 4 is 7.85 Å². The first-order valence-electron chi connectivity index (χ1n) is 12.3. The Bertz CT molecular complexity index is 375. The molecule has 0 atom stereocenters. The van der Waals surface area contributed by atoms with Crippen molar-refractivity contribution in [2.45, 2.75) is 115 Å². The third kappa shape index (κ3) is 4.67. The van der Waals surface area contributed by atoms with Crippen molar-refractivity contribution in [3.05, 3.63) is 0 Å². The molecule has 4 aliphatic rings. The van der Waals surface area contributed by atoms with Gasteiger partial charge in [0.05, 0.1) is 0 Å². The lowest BCUT2D eigenvalue weighted by Gasteiger charge is -2.42. The van der Waals surface area contributed by atoms with Crippen molar-refractivity contribution in [3.63, 3.8) is 0 Å².